The Morgan fingerprint density at radius 1 is 1.11 bits per heavy atom. The van der Waals surface area contributed by atoms with E-state index in [-0.39, 0.29) is 24.2 Å². The van der Waals surface area contributed by atoms with Crippen LogP contribution in [0.1, 0.15) is 30.0 Å². The van der Waals surface area contributed by atoms with Crippen LogP contribution in [0.5, 0.6) is 11.5 Å². The molecule has 0 N–H and O–H groups in total. The maximum atomic E-state index is 13.4. The fourth-order valence-corrected chi connectivity index (χ4v) is 3.82. The number of fused-ring (bicyclic) bond motifs is 1. The lowest BCUT2D eigenvalue weighted by Gasteiger charge is -2.29. The first kappa shape index (κ1) is 19.2. The van der Waals surface area contributed by atoms with Crippen molar-refractivity contribution in [2.75, 3.05) is 20.8 Å². The molecular weight excluding hydrogens is 345 g/mol. The number of carbonyl (C=O) groups is 1. The zero-order valence-electron chi connectivity index (χ0n) is 16.1. The Kier molecular flexibility index (Phi) is 5.99. The summed E-state index contributed by atoms with van der Waals surface area (Å²) in [5, 5.41) is 0. The quantitative estimate of drug-likeness (QED) is 0.743. The van der Waals surface area contributed by atoms with Gasteiger partial charge in [0.15, 0.2) is 11.5 Å². The van der Waals surface area contributed by atoms with Gasteiger partial charge in [-0.15, -0.1) is 0 Å². The van der Waals surface area contributed by atoms with Crippen molar-refractivity contribution in [1.29, 1.82) is 0 Å². The standard InChI is InChI=1S/C22H26FNO3/c1-4-8-24(22(25)10-15-6-5-7-18(23)9-15)19-11-16-13-20(26-2)21(27-3)14-17(16)12-19/h5-7,9,13-14,19H,4,8,10-12H2,1-3H3. The van der Waals surface area contributed by atoms with E-state index in [1.807, 2.05) is 17.0 Å². The van der Waals surface area contributed by atoms with Gasteiger partial charge in [-0.3, -0.25) is 4.79 Å². The van der Waals surface area contributed by atoms with E-state index < -0.39 is 0 Å². The number of carbonyl (C=O) groups excluding carboxylic acids is 1. The minimum Gasteiger partial charge on any atom is -0.493 e. The average Bonchev–Trinajstić information content (AvgIpc) is 3.07. The molecule has 0 atom stereocenters. The molecule has 0 saturated heterocycles. The molecule has 0 radical (unpaired) electrons. The van der Waals surface area contributed by atoms with Crippen LogP contribution in [0.3, 0.4) is 0 Å². The van der Waals surface area contributed by atoms with Crippen LogP contribution in [0, 0.1) is 5.82 Å². The molecule has 0 aromatic heterocycles. The SMILES string of the molecule is CCCN(C(=O)Cc1cccc(F)c1)C1Cc2cc(OC)c(OC)cc2C1. The number of rotatable bonds is 7. The van der Waals surface area contributed by atoms with E-state index in [2.05, 4.69) is 6.92 Å². The number of hydrogen-bond donors (Lipinski definition) is 0. The summed E-state index contributed by atoms with van der Waals surface area (Å²) < 4.78 is 24.2. The highest BCUT2D eigenvalue weighted by molar-refractivity contribution is 5.79. The molecule has 144 valence electrons. The van der Waals surface area contributed by atoms with E-state index in [9.17, 15) is 9.18 Å². The van der Waals surface area contributed by atoms with Crippen LogP contribution in [0.25, 0.3) is 0 Å². The van der Waals surface area contributed by atoms with Crippen LogP contribution in [0.4, 0.5) is 4.39 Å². The number of halogens is 1. The monoisotopic (exact) mass is 371 g/mol. The lowest BCUT2D eigenvalue weighted by atomic mass is 10.1. The van der Waals surface area contributed by atoms with E-state index in [0.717, 1.165) is 19.3 Å². The second-order valence-electron chi connectivity index (χ2n) is 6.93. The first-order valence-corrected chi connectivity index (χ1v) is 9.33. The molecule has 0 bridgehead atoms. The van der Waals surface area contributed by atoms with Crippen LogP contribution >= 0.6 is 0 Å². The Bertz CT molecular complexity index is 788. The molecule has 1 amide bonds. The van der Waals surface area contributed by atoms with E-state index in [0.29, 0.717) is 23.6 Å². The Labute approximate surface area is 159 Å². The number of benzene rings is 2. The summed E-state index contributed by atoms with van der Waals surface area (Å²) in [7, 11) is 3.26. The molecule has 0 unspecified atom stereocenters. The summed E-state index contributed by atoms with van der Waals surface area (Å²) in [6.45, 7) is 2.76. The van der Waals surface area contributed by atoms with Crippen molar-refractivity contribution in [1.82, 2.24) is 4.90 Å². The smallest absolute Gasteiger partial charge is 0.227 e. The van der Waals surface area contributed by atoms with Crippen molar-refractivity contribution in [2.45, 2.75) is 38.6 Å². The third kappa shape index (κ3) is 4.24. The largest absolute Gasteiger partial charge is 0.493 e. The van der Waals surface area contributed by atoms with E-state index >= 15 is 0 Å². The highest BCUT2D eigenvalue weighted by Crippen LogP contribution is 2.36. The molecule has 27 heavy (non-hydrogen) atoms. The molecule has 1 aliphatic carbocycles. The molecule has 0 aliphatic heterocycles. The summed E-state index contributed by atoms with van der Waals surface area (Å²) in [5.41, 5.74) is 3.09. The van der Waals surface area contributed by atoms with Crippen LogP contribution in [0.2, 0.25) is 0 Å². The lowest BCUT2D eigenvalue weighted by Crippen LogP contribution is -2.42. The van der Waals surface area contributed by atoms with Crippen molar-refractivity contribution in [2.24, 2.45) is 0 Å². The topological polar surface area (TPSA) is 38.8 Å². The third-order valence-electron chi connectivity index (χ3n) is 5.09. The molecule has 2 aromatic carbocycles. The van der Waals surface area contributed by atoms with Crippen molar-refractivity contribution >= 4 is 5.91 Å². The van der Waals surface area contributed by atoms with Crippen molar-refractivity contribution < 1.29 is 18.7 Å². The molecule has 0 spiro atoms. The van der Waals surface area contributed by atoms with Gasteiger partial charge >= 0.3 is 0 Å². The summed E-state index contributed by atoms with van der Waals surface area (Å²) >= 11 is 0. The molecule has 2 aromatic rings. The van der Waals surface area contributed by atoms with Crippen molar-refractivity contribution in [3.63, 3.8) is 0 Å². The molecule has 0 heterocycles. The molecule has 0 saturated carbocycles. The van der Waals surface area contributed by atoms with Gasteiger partial charge in [0.05, 0.1) is 20.6 Å². The van der Waals surface area contributed by atoms with E-state index in [1.54, 1.807) is 26.4 Å². The Balaban J connectivity index is 1.78. The molecule has 0 fully saturated rings. The average molecular weight is 371 g/mol. The van der Waals surface area contributed by atoms with Gasteiger partial charge < -0.3 is 14.4 Å². The minimum absolute atomic E-state index is 0.0409. The van der Waals surface area contributed by atoms with Gasteiger partial charge in [-0.25, -0.2) is 4.39 Å². The molecule has 5 heteroatoms. The van der Waals surface area contributed by atoms with Gasteiger partial charge in [0.2, 0.25) is 5.91 Å². The first-order chi connectivity index (χ1) is 13.0. The van der Waals surface area contributed by atoms with Crippen molar-refractivity contribution in [3.05, 3.63) is 58.9 Å². The third-order valence-corrected chi connectivity index (χ3v) is 5.09. The second kappa shape index (κ2) is 8.42. The normalized spacial score (nSPS) is 13.3. The van der Waals surface area contributed by atoms with Gasteiger partial charge in [0.1, 0.15) is 5.82 Å². The number of methoxy groups -OCH3 is 2. The number of hydrogen-bond acceptors (Lipinski definition) is 3. The van der Waals surface area contributed by atoms with E-state index in [1.165, 1.54) is 23.3 Å². The molecule has 4 nitrogen and oxygen atoms in total. The first-order valence-electron chi connectivity index (χ1n) is 9.33. The highest BCUT2D eigenvalue weighted by atomic mass is 19.1. The fourth-order valence-electron chi connectivity index (χ4n) is 3.82. The Morgan fingerprint density at radius 3 is 2.26 bits per heavy atom. The predicted molar refractivity (Wildman–Crippen MR) is 103 cm³/mol. The summed E-state index contributed by atoms with van der Waals surface area (Å²) in [5.74, 6) is 1.16. The number of ether oxygens (including phenoxy) is 2. The van der Waals surface area contributed by atoms with Gasteiger partial charge in [-0.1, -0.05) is 19.1 Å². The fraction of sp³-hybridized carbons (Fsp3) is 0.409. The summed E-state index contributed by atoms with van der Waals surface area (Å²) in [4.78, 5) is 14.9. The highest BCUT2D eigenvalue weighted by Gasteiger charge is 2.30. The van der Waals surface area contributed by atoms with Gasteiger partial charge in [-0.2, -0.15) is 0 Å². The second-order valence-corrected chi connectivity index (χ2v) is 6.93. The zero-order chi connectivity index (χ0) is 19.4. The molecular formula is C22H26FNO3. The van der Waals surface area contributed by atoms with Gasteiger partial charge in [0.25, 0.3) is 0 Å². The van der Waals surface area contributed by atoms with Gasteiger partial charge in [-0.05, 0) is 60.2 Å². The minimum atomic E-state index is -0.310. The van der Waals surface area contributed by atoms with E-state index in [4.69, 9.17) is 9.47 Å². The zero-order valence-corrected chi connectivity index (χ0v) is 16.1. The molecule has 1 aliphatic rings. The summed E-state index contributed by atoms with van der Waals surface area (Å²) in [6.07, 6.45) is 2.70. The maximum absolute atomic E-state index is 13.4. The van der Waals surface area contributed by atoms with Crippen LogP contribution in [-0.2, 0) is 24.1 Å². The number of nitrogens with zero attached hydrogens (tertiary/aromatic N) is 1. The van der Waals surface area contributed by atoms with Crippen LogP contribution < -0.4 is 9.47 Å². The maximum Gasteiger partial charge on any atom is 0.227 e. The van der Waals surface area contributed by atoms with Crippen LogP contribution in [-0.4, -0.2) is 37.6 Å². The Morgan fingerprint density at radius 2 is 1.74 bits per heavy atom. The predicted octanol–water partition coefficient (Wildman–Crippen LogP) is 3.79. The molecule has 3 rings (SSSR count). The van der Waals surface area contributed by atoms with Gasteiger partial charge in [0, 0.05) is 12.6 Å². The number of amides is 1. The van der Waals surface area contributed by atoms with Crippen molar-refractivity contribution in [3.8, 4) is 11.5 Å². The lowest BCUT2D eigenvalue weighted by molar-refractivity contribution is -0.132. The summed E-state index contributed by atoms with van der Waals surface area (Å²) in [6, 6.07) is 10.4. The van der Waals surface area contributed by atoms with Crippen LogP contribution in [0.15, 0.2) is 36.4 Å². The Hall–Kier alpha value is -2.56.